The molecular weight excluding hydrogens is 196 g/mol. The topological polar surface area (TPSA) is 77.8 Å². The maximum absolute atomic E-state index is 5.39. The number of nitrogen functional groups attached to an aromatic ring is 2. The van der Waals surface area contributed by atoms with Crippen LogP contribution in [0, 0.1) is 0 Å². The van der Waals surface area contributed by atoms with E-state index in [1.54, 1.807) is 0 Å². The maximum Gasteiger partial charge on any atom is 0.191 e. The van der Waals surface area contributed by atoms with E-state index < -0.39 is 0 Å². The Morgan fingerprint density at radius 3 is 1.64 bits per heavy atom. The van der Waals surface area contributed by atoms with Crippen LogP contribution in [0.3, 0.4) is 0 Å². The summed E-state index contributed by atoms with van der Waals surface area (Å²) in [5.74, 6) is 0.828. The molecule has 0 aromatic carbocycles. The van der Waals surface area contributed by atoms with Gasteiger partial charge in [0.2, 0.25) is 0 Å². The number of aromatic nitrogens is 2. The first-order chi connectivity index (χ1) is 6.72. The Balaban J connectivity index is 0. The molecule has 0 aliphatic carbocycles. The van der Waals surface area contributed by atoms with Gasteiger partial charge in [0.05, 0.1) is 0 Å². The molecule has 0 aliphatic heterocycles. The van der Waals surface area contributed by atoms with E-state index in [1.807, 2.05) is 34.0 Å². The highest BCUT2D eigenvalue weighted by atomic mass is 32.2. The smallest absolute Gasteiger partial charge is 0.191 e. The zero-order valence-corrected chi connectivity index (χ0v) is 10.4. The van der Waals surface area contributed by atoms with Gasteiger partial charge < -0.3 is 11.5 Å². The summed E-state index contributed by atoms with van der Waals surface area (Å²) in [7, 11) is 0. The first kappa shape index (κ1) is 15.5. The number of nitrogens with zero attached hydrogens (tertiary/aromatic N) is 2. The summed E-state index contributed by atoms with van der Waals surface area (Å²) in [6, 6.07) is 1.53. The molecule has 0 saturated carbocycles. The summed E-state index contributed by atoms with van der Waals surface area (Å²) >= 11 is 1.41. The third kappa shape index (κ3) is 6.54. The molecule has 1 aromatic heterocycles. The minimum Gasteiger partial charge on any atom is -0.383 e. The van der Waals surface area contributed by atoms with Crippen molar-refractivity contribution in [2.75, 3.05) is 17.7 Å². The summed E-state index contributed by atoms with van der Waals surface area (Å²) < 4.78 is 0. The fourth-order valence-corrected chi connectivity index (χ4v) is 0.947. The second kappa shape index (κ2) is 10.1. The number of hydrogen-bond acceptors (Lipinski definition) is 5. The third-order valence-electron chi connectivity index (χ3n) is 0.928. The van der Waals surface area contributed by atoms with Gasteiger partial charge in [-0.25, -0.2) is 9.97 Å². The summed E-state index contributed by atoms with van der Waals surface area (Å²) in [6.07, 6.45) is 1.87. The molecule has 1 heterocycles. The Morgan fingerprint density at radius 1 is 1.00 bits per heavy atom. The Kier molecular flexibility index (Phi) is 11.2. The van der Waals surface area contributed by atoms with Gasteiger partial charge in [-0.2, -0.15) is 0 Å². The highest BCUT2D eigenvalue weighted by molar-refractivity contribution is 7.98. The standard InChI is InChI=1S/C5H8N4S.2C2H6/c1-10-5-8-3(6)2-4(7)9-5;2*1-2/h2H,1H3,(H4,6,7,8,9);2*1-2H3. The molecule has 1 aromatic rings. The third-order valence-corrected chi connectivity index (χ3v) is 1.48. The van der Waals surface area contributed by atoms with Crippen LogP contribution in [-0.4, -0.2) is 16.2 Å². The van der Waals surface area contributed by atoms with Crippen molar-refractivity contribution in [3.05, 3.63) is 6.07 Å². The van der Waals surface area contributed by atoms with Gasteiger partial charge in [-0.05, 0) is 6.26 Å². The summed E-state index contributed by atoms with van der Waals surface area (Å²) in [5.41, 5.74) is 10.8. The van der Waals surface area contributed by atoms with Crippen LogP contribution in [0.2, 0.25) is 0 Å². The molecule has 1 rings (SSSR count). The van der Waals surface area contributed by atoms with E-state index in [9.17, 15) is 0 Å². The average Bonchev–Trinajstić information content (AvgIpc) is 2.22. The zero-order valence-electron chi connectivity index (χ0n) is 9.53. The quantitative estimate of drug-likeness (QED) is 0.557. The fourth-order valence-electron chi connectivity index (χ4n) is 0.553. The van der Waals surface area contributed by atoms with Crippen molar-refractivity contribution in [3.63, 3.8) is 0 Å². The van der Waals surface area contributed by atoms with Gasteiger partial charge in [-0.3, -0.25) is 0 Å². The van der Waals surface area contributed by atoms with Crippen molar-refractivity contribution in [2.24, 2.45) is 0 Å². The highest BCUT2D eigenvalue weighted by Crippen LogP contribution is 2.12. The van der Waals surface area contributed by atoms with E-state index in [2.05, 4.69) is 9.97 Å². The molecule has 82 valence electrons. The lowest BCUT2D eigenvalue weighted by atomic mass is 10.5. The lowest BCUT2D eigenvalue weighted by Crippen LogP contribution is -1.98. The summed E-state index contributed by atoms with van der Waals surface area (Å²) in [4.78, 5) is 7.80. The Labute approximate surface area is 90.5 Å². The second-order valence-electron chi connectivity index (χ2n) is 1.70. The molecule has 0 aliphatic rings. The van der Waals surface area contributed by atoms with Crippen LogP contribution >= 0.6 is 11.8 Å². The second-order valence-corrected chi connectivity index (χ2v) is 2.48. The van der Waals surface area contributed by atoms with Gasteiger partial charge in [-0.1, -0.05) is 39.5 Å². The number of nitrogens with two attached hydrogens (primary N) is 2. The first-order valence-electron chi connectivity index (χ1n) is 4.66. The van der Waals surface area contributed by atoms with Crippen molar-refractivity contribution in [1.29, 1.82) is 0 Å². The first-order valence-corrected chi connectivity index (χ1v) is 5.89. The van der Waals surface area contributed by atoms with E-state index in [0.717, 1.165) is 0 Å². The number of rotatable bonds is 1. The number of hydrogen-bond donors (Lipinski definition) is 2. The number of thioether (sulfide) groups is 1. The maximum atomic E-state index is 5.39. The van der Waals surface area contributed by atoms with Crippen LogP contribution in [0.25, 0.3) is 0 Å². The van der Waals surface area contributed by atoms with Gasteiger partial charge >= 0.3 is 0 Å². The Morgan fingerprint density at radius 2 is 1.36 bits per heavy atom. The molecule has 0 atom stereocenters. The van der Waals surface area contributed by atoms with Crippen LogP contribution < -0.4 is 11.5 Å². The zero-order chi connectivity index (χ0) is 11.6. The molecule has 4 N–H and O–H groups in total. The summed E-state index contributed by atoms with van der Waals surface area (Å²) in [5, 5.41) is 0.609. The Bertz CT molecular complexity index is 220. The van der Waals surface area contributed by atoms with Gasteiger partial charge in [0.1, 0.15) is 11.6 Å². The fraction of sp³-hybridized carbons (Fsp3) is 0.556. The van der Waals surface area contributed by atoms with Crippen molar-refractivity contribution in [1.82, 2.24) is 9.97 Å². The van der Waals surface area contributed by atoms with E-state index in [4.69, 9.17) is 11.5 Å². The van der Waals surface area contributed by atoms with Gasteiger partial charge in [0.25, 0.3) is 0 Å². The van der Waals surface area contributed by atoms with E-state index >= 15 is 0 Å². The van der Waals surface area contributed by atoms with Crippen molar-refractivity contribution in [2.45, 2.75) is 32.9 Å². The molecule has 0 unspecified atom stereocenters. The highest BCUT2D eigenvalue weighted by Gasteiger charge is 1.96. The minimum atomic E-state index is 0.414. The van der Waals surface area contributed by atoms with Crippen LogP contribution in [-0.2, 0) is 0 Å². The predicted octanol–water partition coefficient (Wildman–Crippen LogP) is 2.42. The van der Waals surface area contributed by atoms with E-state index in [-0.39, 0.29) is 0 Å². The molecule has 0 bridgehead atoms. The number of anilines is 2. The van der Waals surface area contributed by atoms with Crippen molar-refractivity contribution >= 4 is 23.4 Å². The van der Waals surface area contributed by atoms with Crippen molar-refractivity contribution in [3.8, 4) is 0 Å². The molecule has 0 fully saturated rings. The predicted molar refractivity (Wildman–Crippen MR) is 65.3 cm³/mol. The van der Waals surface area contributed by atoms with E-state index in [1.165, 1.54) is 17.8 Å². The lowest BCUT2D eigenvalue weighted by molar-refractivity contribution is 0.988. The molecule has 0 saturated heterocycles. The molecule has 4 nitrogen and oxygen atoms in total. The normalized spacial score (nSPS) is 7.79. The van der Waals surface area contributed by atoms with E-state index in [0.29, 0.717) is 16.8 Å². The SMILES string of the molecule is CC.CC.CSc1nc(N)cc(N)n1. The Hall–Kier alpha value is -0.970. The molecule has 0 radical (unpaired) electrons. The minimum absolute atomic E-state index is 0.414. The molecule has 5 heteroatoms. The van der Waals surface area contributed by atoms with Crippen molar-refractivity contribution < 1.29 is 0 Å². The van der Waals surface area contributed by atoms with Gasteiger partial charge in [0, 0.05) is 6.07 Å². The largest absolute Gasteiger partial charge is 0.383 e. The lowest BCUT2D eigenvalue weighted by Gasteiger charge is -1.97. The molecule has 0 spiro atoms. The van der Waals surface area contributed by atoms with Crippen LogP contribution in [0.1, 0.15) is 27.7 Å². The van der Waals surface area contributed by atoms with Gasteiger partial charge in [-0.15, -0.1) is 0 Å². The molecular formula is C9H20N4S. The van der Waals surface area contributed by atoms with Gasteiger partial charge in [0.15, 0.2) is 5.16 Å². The van der Waals surface area contributed by atoms with Crippen LogP contribution in [0.4, 0.5) is 11.6 Å². The monoisotopic (exact) mass is 216 g/mol. The summed E-state index contributed by atoms with van der Waals surface area (Å²) in [6.45, 7) is 8.00. The van der Waals surface area contributed by atoms with Crippen LogP contribution in [0.5, 0.6) is 0 Å². The van der Waals surface area contributed by atoms with Crippen LogP contribution in [0.15, 0.2) is 11.2 Å². The average molecular weight is 216 g/mol. The molecule has 0 amide bonds. The molecule has 14 heavy (non-hydrogen) atoms.